The van der Waals surface area contributed by atoms with Crippen molar-refractivity contribution < 1.29 is 14.3 Å². The number of anilines is 2. The summed E-state index contributed by atoms with van der Waals surface area (Å²) in [5.41, 5.74) is 1.74. The molecule has 1 aliphatic heterocycles. The number of para-hydroxylation sites is 1. The minimum Gasteiger partial charge on any atom is -0.491 e. The molecule has 1 heterocycles. The average molecular weight is 340 g/mol. The maximum atomic E-state index is 12.3. The molecule has 0 spiro atoms. The molecule has 25 heavy (non-hydrogen) atoms. The van der Waals surface area contributed by atoms with Gasteiger partial charge in [0, 0.05) is 31.1 Å². The molecule has 3 rings (SSSR count). The Balaban J connectivity index is 1.51. The third kappa shape index (κ3) is 5.22. The van der Waals surface area contributed by atoms with Crippen LogP contribution in [0.15, 0.2) is 54.6 Å². The summed E-state index contributed by atoms with van der Waals surface area (Å²) in [6.07, 6.45) is 2.32. The Hall–Kier alpha value is -2.53. The van der Waals surface area contributed by atoms with Crippen LogP contribution in [0.4, 0.5) is 11.4 Å². The number of carbonyl (C=O) groups excluding carboxylic acids is 1. The van der Waals surface area contributed by atoms with Gasteiger partial charge < -0.3 is 19.7 Å². The summed E-state index contributed by atoms with van der Waals surface area (Å²) in [6.45, 7) is 1.65. The Morgan fingerprint density at radius 1 is 1.24 bits per heavy atom. The van der Waals surface area contributed by atoms with Crippen LogP contribution in [0.5, 0.6) is 5.75 Å². The van der Waals surface area contributed by atoms with E-state index in [9.17, 15) is 4.79 Å². The van der Waals surface area contributed by atoms with Gasteiger partial charge in [-0.15, -0.1) is 0 Å². The van der Waals surface area contributed by atoms with Crippen LogP contribution in [0, 0.1) is 0 Å². The Morgan fingerprint density at radius 2 is 2.08 bits per heavy atom. The molecule has 0 aromatic heterocycles. The molecule has 1 atom stereocenters. The summed E-state index contributed by atoms with van der Waals surface area (Å²) in [4.78, 5) is 14.2. The van der Waals surface area contributed by atoms with Crippen LogP contribution in [-0.2, 0) is 9.53 Å². The molecule has 5 heteroatoms. The normalized spacial score (nSPS) is 16.4. The minimum absolute atomic E-state index is 0.0670. The van der Waals surface area contributed by atoms with Crippen LogP contribution >= 0.6 is 0 Å². The van der Waals surface area contributed by atoms with Gasteiger partial charge in [0.25, 0.3) is 0 Å². The van der Waals surface area contributed by atoms with Crippen LogP contribution < -0.4 is 15.0 Å². The number of nitrogens with zero attached hydrogens (tertiary/aromatic N) is 1. The summed E-state index contributed by atoms with van der Waals surface area (Å²) >= 11 is 0. The number of rotatable bonds is 7. The quantitative estimate of drug-likeness (QED) is 0.840. The number of likely N-dealkylation sites (N-methyl/N-ethyl adjacent to an activating group) is 1. The lowest BCUT2D eigenvalue weighted by molar-refractivity contribution is -0.114. The van der Waals surface area contributed by atoms with Crippen molar-refractivity contribution >= 4 is 17.3 Å². The van der Waals surface area contributed by atoms with Crippen molar-refractivity contribution in [2.24, 2.45) is 0 Å². The number of carbonyl (C=O) groups is 1. The van der Waals surface area contributed by atoms with Crippen molar-refractivity contribution in [1.82, 2.24) is 0 Å². The molecule has 0 radical (unpaired) electrons. The van der Waals surface area contributed by atoms with Crippen molar-refractivity contribution in [2.45, 2.75) is 18.9 Å². The van der Waals surface area contributed by atoms with Gasteiger partial charge in [-0.05, 0) is 37.1 Å². The Bertz CT molecular complexity index is 684. The second kappa shape index (κ2) is 8.53. The van der Waals surface area contributed by atoms with Crippen molar-refractivity contribution in [3.63, 3.8) is 0 Å². The van der Waals surface area contributed by atoms with Crippen molar-refractivity contribution in [3.8, 4) is 5.75 Å². The monoisotopic (exact) mass is 340 g/mol. The number of benzene rings is 2. The fourth-order valence-electron chi connectivity index (χ4n) is 2.82. The average Bonchev–Trinajstić information content (AvgIpc) is 3.14. The van der Waals surface area contributed by atoms with E-state index in [0.717, 1.165) is 36.6 Å². The van der Waals surface area contributed by atoms with Crippen LogP contribution in [0.25, 0.3) is 0 Å². The maximum Gasteiger partial charge on any atom is 0.243 e. The lowest BCUT2D eigenvalue weighted by atomic mass is 10.2. The zero-order valence-electron chi connectivity index (χ0n) is 14.5. The molecular formula is C20H24N2O3. The van der Waals surface area contributed by atoms with E-state index in [1.807, 2.05) is 66.5 Å². The van der Waals surface area contributed by atoms with Gasteiger partial charge in [0.05, 0.1) is 12.6 Å². The van der Waals surface area contributed by atoms with Crippen LogP contribution in [0.3, 0.4) is 0 Å². The molecule has 0 saturated carbocycles. The number of hydrogen-bond donors (Lipinski definition) is 1. The van der Waals surface area contributed by atoms with Crippen LogP contribution in [-0.4, -0.2) is 38.8 Å². The van der Waals surface area contributed by atoms with E-state index in [1.54, 1.807) is 0 Å². The maximum absolute atomic E-state index is 12.3. The highest BCUT2D eigenvalue weighted by Crippen LogP contribution is 2.20. The van der Waals surface area contributed by atoms with E-state index in [4.69, 9.17) is 9.47 Å². The van der Waals surface area contributed by atoms with Gasteiger partial charge in [-0.2, -0.15) is 0 Å². The smallest absolute Gasteiger partial charge is 0.243 e. The Kier molecular flexibility index (Phi) is 5.90. The summed E-state index contributed by atoms with van der Waals surface area (Å²) in [5, 5.41) is 2.92. The number of ether oxygens (including phenoxy) is 2. The summed E-state index contributed by atoms with van der Waals surface area (Å²) in [5.74, 6) is 0.673. The Labute approximate surface area is 148 Å². The molecule has 1 unspecified atom stereocenters. The summed E-state index contributed by atoms with van der Waals surface area (Å²) < 4.78 is 11.3. The van der Waals surface area contributed by atoms with E-state index < -0.39 is 0 Å². The lowest BCUT2D eigenvalue weighted by Gasteiger charge is -2.18. The fourth-order valence-corrected chi connectivity index (χ4v) is 2.82. The van der Waals surface area contributed by atoms with Gasteiger partial charge in [0.2, 0.25) is 5.91 Å². The van der Waals surface area contributed by atoms with E-state index in [1.165, 1.54) is 0 Å². The molecule has 2 aromatic carbocycles. The van der Waals surface area contributed by atoms with E-state index in [2.05, 4.69) is 5.32 Å². The highest BCUT2D eigenvalue weighted by Gasteiger charge is 2.16. The van der Waals surface area contributed by atoms with Gasteiger partial charge in [-0.25, -0.2) is 0 Å². The summed E-state index contributed by atoms with van der Waals surface area (Å²) in [7, 11) is 1.90. The SMILES string of the molecule is CN(CC(=O)Nc1cccc(OCC2CCCO2)c1)c1ccccc1. The van der Waals surface area contributed by atoms with Crippen LogP contribution in [0.2, 0.25) is 0 Å². The van der Waals surface area contributed by atoms with Crippen molar-refractivity contribution in [2.75, 3.05) is 37.0 Å². The third-order valence-corrected chi connectivity index (χ3v) is 4.16. The topological polar surface area (TPSA) is 50.8 Å². The first-order valence-corrected chi connectivity index (χ1v) is 8.61. The minimum atomic E-state index is -0.0670. The number of amides is 1. The zero-order valence-corrected chi connectivity index (χ0v) is 14.5. The fraction of sp³-hybridized carbons (Fsp3) is 0.350. The molecule has 0 bridgehead atoms. The molecule has 1 fully saturated rings. The summed E-state index contributed by atoms with van der Waals surface area (Å²) in [6, 6.07) is 17.3. The molecular weight excluding hydrogens is 316 g/mol. The molecule has 0 aliphatic carbocycles. The first-order chi connectivity index (χ1) is 12.2. The van der Waals surface area contributed by atoms with Crippen LogP contribution in [0.1, 0.15) is 12.8 Å². The number of hydrogen-bond acceptors (Lipinski definition) is 4. The highest BCUT2D eigenvalue weighted by molar-refractivity contribution is 5.94. The van der Waals surface area contributed by atoms with Gasteiger partial charge in [-0.1, -0.05) is 24.3 Å². The Morgan fingerprint density at radius 3 is 2.84 bits per heavy atom. The van der Waals surface area contributed by atoms with Crippen molar-refractivity contribution in [1.29, 1.82) is 0 Å². The lowest BCUT2D eigenvalue weighted by Crippen LogP contribution is -2.30. The van der Waals surface area contributed by atoms with Gasteiger partial charge in [0.15, 0.2) is 0 Å². The first kappa shape index (κ1) is 17.3. The second-order valence-electron chi connectivity index (χ2n) is 6.21. The largest absolute Gasteiger partial charge is 0.491 e. The van der Waals surface area contributed by atoms with E-state index >= 15 is 0 Å². The number of nitrogens with one attached hydrogen (secondary N) is 1. The third-order valence-electron chi connectivity index (χ3n) is 4.16. The molecule has 2 aromatic rings. The molecule has 1 aliphatic rings. The van der Waals surface area contributed by atoms with Gasteiger partial charge >= 0.3 is 0 Å². The van der Waals surface area contributed by atoms with E-state index in [-0.39, 0.29) is 18.6 Å². The van der Waals surface area contributed by atoms with Gasteiger partial charge in [-0.3, -0.25) is 4.79 Å². The van der Waals surface area contributed by atoms with E-state index in [0.29, 0.717) is 6.61 Å². The van der Waals surface area contributed by atoms with Gasteiger partial charge in [0.1, 0.15) is 12.4 Å². The predicted octanol–water partition coefficient (Wildman–Crippen LogP) is 3.32. The highest BCUT2D eigenvalue weighted by atomic mass is 16.5. The second-order valence-corrected chi connectivity index (χ2v) is 6.21. The molecule has 1 N–H and O–H groups in total. The first-order valence-electron chi connectivity index (χ1n) is 8.61. The van der Waals surface area contributed by atoms with Crippen molar-refractivity contribution in [3.05, 3.63) is 54.6 Å². The molecule has 132 valence electrons. The molecule has 5 nitrogen and oxygen atoms in total. The molecule has 1 saturated heterocycles. The molecule has 1 amide bonds. The predicted molar refractivity (Wildman–Crippen MR) is 99.3 cm³/mol. The standard InChI is InChI=1S/C20H24N2O3/c1-22(17-8-3-2-4-9-17)14-20(23)21-16-7-5-10-18(13-16)25-15-19-11-6-12-24-19/h2-5,7-10,13,19H,6,11-12,14-15H2,1H3,(H,21,23). The zero-order chi connectivity index (χ0) is 17.5.